The summed E-state index contributed by atoms with van der Waals surface area (Å²) in [7, 11) is 0. The first kappa shape index (κ1) is 12.8. The summed E-state index contributed by atoms with van der Waals surface area (Å²) in [6, 6.07) is 9.19. The van der Waals surface area contributed by atoms with E-state index in [2.05, 4.69) is 0 Å². The van der Waals surface area contributed by atoms with E-state index in [1.807, 2.05) is 0 Å². The number of carbonyl (C=O) groups is 1. The SMILES string of the molecule is O=C(c1cc2cc(F)ccc2o1)c1c(F)cccc1Cl. The van der Waals surface area contributed by atoms with Gasteiger partial charge in [-0.3, -0.25) is 4.79 Å². The van der Waals surface area contributed by atoms with Crippen LogP contribution < -0.4 is 0 Å². The van der Waals surface area contributed by atoms with Gasteiger partial charge in [0.05, 0.1) is 10.6 Å². The molecule has 1 heterocycles. The lowest BCUT2D eigenvalue weighted by atomic mass is 10.1. The van der Waals surface area contributed by atoms with E-state index in [0.717, 1.165) is 6.07 Å². The minimum Gasteiger partial charge on any atom is -0.453 e. The van der Waals surface area contributed by atoms with Crippen LogP contribution in [0, 0.1) is 11.6 Å². The fraction of sp³-hybridized carbons (Fsp3) is 0. The zero-order chi connectivity index (χ0) is 14.3. The van der Waals surface area contributed by atoms with Crippen molar-refractivity contribution in [2.24, 2.45) is 0 Å². The monoisotopic (exact) mass is 292 g/mol. The third-order valence-corrected chi connectivity index (χ3v) is 3.21. The summed E-state index contributed by atoms with van der Waals surface area (Å²) < 4.78 is 32.1. The molecule has 100 valence electrons. The number of carbonyl (C=O) groups excluding carboxylic acids is 1. The van der Waals surface area contributed by atoms with Crippen molar-refractivity contribution in [3.63, 3.8) is 0 Å². The summed E-state index contributed by atoms with van der Waals surface area (Å²) in [5.74, 6) is -1.93. The number of ketones is 1. The maximum Gasteiger partial charge on any atom is 0.232 e. The predicted molar refractivity (Wildman–Crippen MR) is 71.0 cm³/mol. The Balaban J connectivity index is 2.13. The van der Waals surface area contributed by atoms with Gasteiger partial charge in [0.25, 0.3) is 0 Å². The zero-order valence-electron chi connectivity index (χ0n) is 9.99. The first-order valence-corrected chi connectivity index (χ1v) is 6.12. The zero-order valence-corrected chi connectivity index (χ0v) is 10.7. The average Bonchev–Trinajstić information content (AvgIpc) is 2.81. The van der Waals surface area contributed by atoms with E-state index in [0.29, 0.717) is 11.0 Å². The summed E-state index contributed by atoms with van der Waals surface area (Å²) >= 11 is 5.84. The summed E-state index contributed by atoms with van der Waals surface area (Å²) in [5.41, 5.74) is 0.0934. The lowest BCUT2D eigenvalue weighted by Gasteiger charge is -2.02. The highest BCUT2D eigenvalue weighted by Crippen LogP contribution is 2.26. The lowest BCUT2D eigenvalue weighted by Crippen LogP contribution is -2.03. The van der Waals surface area contributed by atoms with Gasteiger partial charge in [0.1, 0.15) is 17.2 Å². The molecule has 0 bridgehead atoms. The molecule has 2 aromatic carbocycles. The van der Waals surface area contributed by atoms with Gasteiger partial charge in [-0.05, 0) is 36.4 Å². The van der Waals surface area contributed by atoms with Crippen LogP contribution in [0.4, 0.5) is 8.78 Å². The molecule has 0 saturated carbocycles. The average molecular weight is 293 g/mol. The minimum absolute atomic E-state index is 0.00152. The molecule has 0 saturated heterocycles. The highest BCUT2D eigenvalue weighted by molar-refractivity contribution is 6.34. The number of furan rings is 1. The summed E-state index contributed by atoms with van der Waals surface area (Å²) in [6.07, 6.45) is 0. The Hall–Kier alpha value is -2.20. The molecular weight excluding hydrogens is 286 g/mol. The van der Waals surface area contributed by atoms with Gasteiger partial charge in [0.15, 0.2) is 5.76 Å². The van der Waals surface area contributed by atoms with Gasteiger partial charge < -0.3 is 4.42 Å². The molecule has 0 aliphatic carbocycles. The minimum atomic E-state index is -0.728. The number of benzene rings is 2. The van der Waals surface area contributed by atoms with E-state index in [1.54, 1.807) is 0 Å². The second kappa shape index (κ2) is 4.72. The van der Waals surface area contributed by atoms with Gasteiger partial charge in [0.2, 0.25) is 5.78 Å². The summed E-state index contributed by atoms with van der Waals surface area (Å²) in [4.78, 5) is 12.2. The largest absolute Gasteiger partial charge is 0.453 e. The topological polar surface area (TPSA) is 30.2 Å². The number of hydrogen-bond acceptors (Lipinski definition) is 2. The molecule has 0 N–H and O–H groups in total. The molecule has 0 unspecified atom stereocenters. The first-order valence-electron chi connectivity index (χ1n) is 5.74. The van der Waals surface area contributed by atoms with Gasteiger partial charge in [-0.15, -0.1) is 0 Å². The predicted octanol–water partition coefficient (Wildman–Crippen LogP) is 4.60. The maximum atomic E-state index is 13.7. The van der Waals surface area contributed by atoms with Gasteiger partial charge in [-0.2, -0.15) is 0 Å². The van der Waals surface area contributed by atoms with E-state index in [9.17, 15) is 13.6 Å². The highest BCUT2D eigenvalue weighted by Gasteiger charge is 2.21. The summed E-state index contributed by atoms with van der Waals surface area (Å²) in [6.45, 7) is 0. The molecule has 0 spiro atoms. The van der Waals surface area contributed by atoms with Crippen LogP contribution in [0.15, 0.2) is 46.9 Å². The Morgan fingerprint density at radius 2 is 1.90 bits per heavy atom. The Morgan fingerprint density at radius 1 is 1.10 bits per heavy atom. The summed E-state index contributed by atoms with van der Waals surface area (Å²) in [5, 5.41) is 0.433. The molecule has 0 atom stereocenters. The van der Waals surface area contributed by atoms with Crippen LogP contribution >= 0.6 is 11.6 Å². The third kappa shape index (κ3) is 2.08. The van der Waals surface area contributed by atoms with E-state index < -0.39 is 17.4 Å². The molecule has 3 aromatic rings. The van der Waals surface area contributed by atoms with Gasteiger partial charge in [-0.1, -0.05) is 17.7 Å². The van der Waals surface area contributed by atoms with Crippen molar-refractivity contribution in [1.82, 2.24) is 0 Å². The van der Waals surface area contributed by atoms with Crippen LogP contribution in [0.3, 0.4) is 0 Å². The fourth-order valence-corrected chi connectivity index (χ4v) is 2.21. The van der Waals surface area contributed by atoms with Crippen LogP contribution in [-0.2, 0) is 0 Å². The van der Waals surface area contributed by atoms with E-state index in [-0.39, 0.29) is 16.3 Å². The Kier molecular flexibility index (Phi) is 3.03. The lowest BCUT2D eigenvalue weighted by molar-refractivity contribution is 0.101. The third-order valence-electron chi connectivity index (χ3n) is 2.89. The van der Waals surface area contributed by atoms with Crippen LogP contribution in [0.2, 0.25) is 5.02 Å². The standard InChI is InChI=1S/C15H7ClF2O2/c16-10-2-1-3-11(18)14(10)15(19)13-7-8-6-9(17)4-5-12(8)20-13/h1-7H. The molecule has 5 heteroatoms. The van der Waals surface area contributed by atoms with Gasteiger partial charge >= 0.3 is 0 Å². The molecule has 3 rings (SSSR count). The Morgan fingerprint density at radius 3 is 2.65 bits per heavy atom. The van der Waals surface area contributed by atoms with Gasteiger partial charge in [-0.25, -0.2) is 8.78 Å². The normalized spacial score (nSPS) is 10.9. The fourth-order valence-electron chi connectivity index (χ4n) is 1.96. The van der Waals surface area contributed by atoms with Crippen molar-refractivity contribution in [3.8, 4) is 0 Å². The van der Waals surface area contributed by atoms with Crippen molar-refractivity contribution in [3.05, 3.63) is 70.4 Å². The number of fused-ring (bicyclic) bond motifs is 1. The molecule has 2 nitrogen and oxygen atoms in total. The molecule has 0 fully saturated rings. The maximum absolute atomic E-state index is 13.7. The quantitative estimate of drug-likeness (QED) is 0.646. The van der Waals surface area contributed by atoms with Crippen molar-refractivity contribution in [2.75, 3.05) is 0 Å². The number of hydrogen-bond donors (Lipinski definition) is 0. The van der Waals surface area contributed by atoms with E-state index in [4.69, 9.17) is 16.0 Å². The molecule has 0 amide bonds. The highest BCUT2D eigenvalue weighted by atomic mass is 35.5. The first-order chi connectivity index (χ1) is 9.56. The van der Waals surface area contributed by atoms with Gasteiger partial charge in [0, 0.05) is 5.39 Å². The second-order valence-electron chi connectivity index (χ2n) is 4.22. The van der Waals surface area contributed by atoms with E-state index >= 15 is 0 Å². The number of halogens is 3. The van der Waals surface area contributed by atoms with Crippen molar-refractivity contribution in [2.45, 2.75) is 0 Å². The molecule has 0 radical (unpaired) electrons. The van der Waals surface area contributed by atoms with E-state index in [1.165, 1.54) is 36.4 Å². The van der Waals surface area contributed by atoms with Crippen molar-refractivity contribution < 1.29 is 18.0 Å². The second-order valence-corrected chi connectivity index (χ2v) is 4.63. The molecule has 1 aromatic heterocycles. The van der Waals surface area contributed by atoms with Crippen LogP contribution in [-0.4, -0.2) is 5.78 Å². The van der Waals surface area contributed by atoms with Crippen LogP contribution in [0.1, 0.15) is 16.1 Å². The van der Waals surface area contributed by atoms with Crippen molar-refractivity contribution in [1.29, 1.82) is 0 Å². The van der Waals surface area contributed by atoms with Crippen LogP contribution in [0.25, 0.3) is 11.0 Å². The molecule has 0 aliphatic rings. The smallest absolute Gasteiger partial charge is 0.232 e. The Bertz CT molecular complexity index is 804. The number of rotatable bonds is 2. The molecule has 20 heavy (non-hydrogen) atoms. The van der Waals surface area contributed by atoms with Crippen molar-refractivity contribution >= 4 is 28.4 Å². The molecular formula is C15H7ClF2O2. The molecule has 0 aliphatic heterocycles. The Labute approximate surface area is 117 Å². The van der Waals surface area contributed by atoms with Crippen LogP contribution in [0.5, 0.6) is 0 Å².